The van der Waals surface area contributed by atoms with Crippen molar-refractivity contribution < 1.29 is 38.5 Å². The monoisotopic (exact) mass is 585 g/mol. The van der Waals surface area contributed by atoms with Gasteiger partial charge in [0.1, 0.15) is 12.4 Å². The molecule has 5 atom stereocenters. The van der Waals surface area contributed by atoms with E-state index in [2.05, 4.69) is 13.8 Å². The molecule has 0 spiro atoms. The van der Waals surface area contributed by atoms with E-state index in [0.717, 1.165) is 71.1 Å². The van der Waals surface area contributed by atoms with Crippen molar-refractivity contribution in [3.05, 3.63) is 0 Å². The van der Waals surface area contributed by atoms with E-state index in [1.165, 1.54) is 0 Å². The van der Waals surface area contributed by atoms with Crippen LogP contribution in [-0.2, 0) is 33.4 Å². The molecule has 0 aromatic carbocycles. The maximum absolute atomic E-state index is 13.4. The first-order chi connectivity index (χ1) is 19.4. The summed E-state index contributed by atoms with van der Waals surface area (Å²) in [5, 5.41) is 11.7. The molecule has 0 aliphatic carbocycles. The van der Waals surface area contributed by atoms with Gasteiger partial charge in [-0.3, -0.25) is 14.4 Å². The average molecular weight is 586 g/mol. The van der Waals surface area contributed by atoms with Crippen molar-refractivity contribution in [1.82, 2.24) is 0 Å². The van der Waals surface area contributed by atoms with Crippen molar-refractivity contribution in [3.8, 4) is 0 Å². The van der Waals surface area contributed by atoms with Crippen LogP contribution in [0.15, 0.2) is 0 Å². The second kappa shape index (κ2) is 20.8. The minimum Gasteiger partial charge on any atom is -0.465 e. The first-order valence-corrected chi connectivity index (χ1v) is 15.9. The van der Waals surface area contributed by atoms with Crippen LogP contribution in [0.25, 0.3) is 0 Å². The van der Waals surface area contributed by atoms with Gasteiger partial charge in [0.25, 0.3) is 0 Å². The zero-order valence-corrected chi connectivity index (χ0v) is 26.9. The van der Waals surface area contributed by atoms with Crippen molar-refractivity contribution >= 4 is 23.7 Å². The number of ether oxygens (including phenoxy) is 3. The van der Waals surface area contributed by atoms with Crippen LogP contribution in [0, 0.1) is 17.8 Å². The Balaban J connectivity index is 6.01. The fourth-order valence-electron chi connectivity index (χ4n) is 4.76. The quantitative estimate of drug-likeness (QED) is 0.0831. The number of Topliss-reactive ketones (excluding diaryl/α,β-unsaturated/α-hetero) is 1. The Kier molecular flexibility index (Phi) is 19.8. The molecule has 5 unspecified atom stereocenters. The molecule has 0 aliphatic heterocycles. The Morgan fingerprint density at radius 1 is 0.780 bits per heavy atom. The van der Waals surface area contributed by atoms with E-state index < -0.39 is 47.2 Å². The SMILES string of the molecule is CCCCC(CC)COC(=O)C(C(C)=O)C(O)(CC(=O)OCC(N)(CC)CCCC)C(=O)OCC(CC)CCCC. The maximum atomic E-state index is 13.4. The van der Waals surface area contributed by atoms with Crippen molar-refractivity contribution in [2.24, 2.45) is 23.5 Å². The van der Waals surface area contributed by atoms with Crippen LogP contribution in [0.5, 0.6) is 0 Å². The van der Waals surface area contributed by atoms with Gasteiger partial charge in [-0.2, -0.15) is 0 Å². The summed E-state index contributed by atoms with van der Waals surface area (Å²) in [7, 11) is 0. The molecule has 9 nitrogen and oxygen atoms in total. The van der Waals surface area contributed by atoms with Crippen LogP contribution in [-0.4, -0.2) is 59.8 Å². The molecule has 0 aromatic rings. The van der Waals surface area contributed by atoms with Crippen LogP contribution in [0.3, 0.4) is 0 Å². The smallest absolute Gasteiger partial charge is 0.340 e. The van der Waals surface area contributed by atoms with Crippen molar-refractivity contribution in [1.29, 1.82) is 0 Å². The molecule has 9 heteroatoms. The van der Waals surface area contributed by atoms with Crippen LogP contribution in [0.4, 0.5) is 0 Å². The topological polar surface area (TPSA) is 142 Å². The van der Waals surface area contributed by atoms with E-state index in [1.54, 1.807) is 0 Å². The highest BCUT2D eigenvalue weighted by Crippen LogP contribution is 2.29. The molecule has 41 heavy (non-hydrogen) atoms. The number of hydrogen-bond donors (Lipinski definition) is 2. The van der Waals surface area contributed by atoms with Gasteiger partial charge in [-0.15, -0.1) is 0 Å². The van der Waals surface area contributed by atoms with Crippen LogP contribution in [0.1, 0.15) is 132 Å². The Morgan fingerprint density at radius 2 is 1.29 bits per heavy atom. The van der Waals surface area contributed by atoms with E-state index in [9.17, 15) is 24.3 Å². The van der Waals surface area contributed by atoms with Gasteiger partial charge in [0, 0.05) is 5.54 Å². The number of hydrogen-bond acceptors (Lipinski definition) is 9. The fraction of sp³-hybridized carbons (Fsp3) is 0.875. The molecular formula is C32H59NO8. The molecule has 0 heterocycles. The number of ketones is 1. The Hall–Kier alpha value is -2.00. The Morgan fingerprint density at radius 3 is 1.73 bits per heavy atom. The molecule has 0 bridgehead atoms. The highest BCUT2D eigenvalue weighted by Gasteiger charge is 2.54. The number of carbonyl (C=O) groups excluding carboxylic acids is 4. The van der Waals surface area contributed by atoms with E-state index in [-0.39, 0.29) is 31.7 Å². The van der Waals surface area contributed by atoms with Crippen LogP contribution >= 0.6 is 0 Å². The summed E-state index contributed by atoms with van der Waals surface area (Å²) in [5.41, 5.74) is 2.87. The third-order valence-electron chi connectivity index (χ3n) is 8.14. The number of carbonyl (C=O) groups is 4. The third kappa shape index (κ3) is 14.1. The van der Waals surface area contributed by atoms with Crippen LogP contribution in [0.2, 0.25) is 0 Å². The molecule has 240 valence electrons. The van der Waals surface area contributed by atoms with Gasteiger partial charge in [0.05, 0.1) is 19.6 Å². The summed E-state index contributed by atoms with van der Waals surface area (Å²) in [6, 6.07) is 0. The zero-order valence-electron chi connectivity index (χ0n) is 26.9. The van der Waals surface area contributed by atoms with Gasteiger partial charge >= 0.3 is 17.9 Å². The van der Waals surface area contributed by atoms with Crippen LogP contribution < -0.4 is 5.73 Å². The number of rotatable bonds is 24. The number of aliphatic hydroxyl groups is 1. The second-order valence-corrected chi connectivity index (χ2v) is 11.7. The van der Waals surface area contributed by atoms with E-state index in [4.69, 9.17) is 19.9 Å². The molecule has 0 aromatic heterocycles. The summed E-state index contributed by atoms with van der Waals surface area (Å²) in [6.45, 7) is 13.0. The van der Waals surface area contributed by atoms with E-state index in [0.29, 0.717) is 12.8 Å². The number of nitrogens with two attached hydrogens (primary N) is 1. The summed E-state index contributed by atoms with van der Waals surface area (Å²) < 4.78 is 16.4. The van der Waals surface area contributed by atoms with Gasteiger partial charge in [0.2, 0.25) is 0 Å². The lowest BCUT2D eigenvalue weighted by molar-refractivity contribution is -0.189. The highest BCUT2D eigenvalue weighted by molar-refractivity contribution is 6.05. The standard InChI is InChI=1S/C32H59NO8/c1-8-14-17-25(11-4)21-39-29(36)28(24(7)34)32(38,30(37)40-22-26(12-5)18-15-9-2)20-27(35)41-23-31(33,13-6)19-16-10-3/h25-26,28,38H,8-23,33H2,1-7H3. The summed E-state index contributed by atoms with van der Waals surface area (Å²) >= 11 is 0. The lowest BCUT2D eigenvalue weighted by Crippen LogP contribution is -2.55. The lowest BCUT2D eigenvalue weighted by Gasteiger charge is -2.32. The van der Waals surface area contributed by atoms with Crippen molar-refractivity contribution in [2.75, 3.05) is 19.8 Å². The first-order valence-electron chi connectivity index (χ1n) is 15.9. The maximum Gasteiger partial charge on any atom is 0.340 e. The van der Waals surface area contributed by atoms with Gasteiger partial charge < -0.3 is 25.1 Å². The van der Waals surface area contributed by atoms with E-state index >= 15 is 0 Å². The normalized spacial score (nSPS) is 16.5. The Bertz CT molecular complexity index is 788. The summed E-state index contributed by atoms with van der Waals surface area (Å²) in [6.07, 6.45) is 9.09. The van der Waals surface area contributed by atoms with Gasteiger partial charge in [0.15, 0.2) is 11.5 Å². The molecule has 0 fully saturated rings. The number of esters is 3. The lowest BCUT2D eigenvalue weighted by atomic mass is 9.81. The second-order valence-electron chi connectivity index (χ2n) is 11.7. The number of unbranched alkanes of at least 4 members (excludes halogenated alkanes) is 3. The van der Waals surface area contributed by atoms with Gasteiger partial charge in [-0.1, -0.05) is 92.9 Å². The molecular weight excluding hydrogens is 526 g/mol. The fourth-order valence-corrected chi connectivity index (χ4v) is 4.76. The average Bonchev–Trinajstić information content (AvgIpc) is 2.94. The van der Waals surface area contributed by atoms with Crippen molar-refractivity contribution in [2.45, 2.75) is 143 Å². The molecule has 0 aliphatic rings. The molecule has 3 N–H and O–H groups in total. The zero-order chi connectivity index (χ0) is 31.5. The molecule has 0 amide bonds. The predicted octanol–water partition coefficient (Wildman–Crippen LogP) is 5.67. The van der Waals surface area contributed by atoms with Gasteiger partial charge in [-0.25, -0.2) is 4.79 Å². The summed E-state index contributed by atoms with van der Waals surface area (Å²) in [4.78, 5) is 52.4. The molecule has 0 radical (unpaired) electrons. The predicted molar refractivity (Wildman–Crippen MR) is 160 cm³/mol. The summed E-state index contributed by atoms with van der Waals surface area (Å²) in [5.74, 6) is -5.82. The molecule has 0 saturated carbocycles. The third-order valence-corrected chi connectivity index (χ3v) is 8.14. The van der Waals surface area contributed by atoms with Gasteiger partial charge in [-0.05, 0) is 44.4 Å². The van der Waals surface area contributed by atoms with E-state index in [1.807, 2.05) is 27.7 Å². The molecule has 0 saturated heterocycles. The molecule has 0 rings (SSSR count). The first kappa shape index (κ1) is 39.0. The minimum atomic E-state index is -2.78. The largest absolute Gasteiger partial charge is 0.465 e. The minimum absolute atomic E-state index is 0.0000530. The Labute approximate surface area is 248 Å². The van der Waals surface area contributed by atoms with Crippen molar-refractivity contribution in [3.63, 3.8) is 0 Å². The highest BCUT2D eigenvalue weighted by atomic mass is 16.6.